The molecule has 0 radical (unpaired) electrons. The number of hydrogen-bond donors (Lipinski definition) is 3. The summed E-state index contributed by atoms with van der Waals surface area (Å²) in [5.41, 5.74) is 5.05. The number of carboxylic acid groups (broad SMARTS) is 1. The molecular weight excluding hydrogens is 394 g/mol. The summed E-state index contributed by atoms with van der Waals surface area (Å²) in [4.78, 5) is 24.0. The van der Waals surface area contributed by atoms with Crippen LogP contribution in [0, 0.1) is 0 Å². The number of para-hydroxylation sites is 1. The van der Waals surface area contributed by atoms with E-state index in [0.29, 0.717) is 12.0 Å². The van der Waals surface area contributed by atoms with Gasteiger partial charge in [-0.2, -0.15) is 0 Å². The second-order valence-corrected chi connectivity index (χ2v) is 7.53. The van der Waals surface area contributed by atoms with E-state index in [1.165, 1.54) is 0 Å². The number of carbonyl (C=O) groups excluding carboxylic acids is 1. The third kappa shape index (κ3) is 4.38. The van der Waals surface area contributed by atoms with Crippen LogP contribution in [0.4, 0.5) is 4.79 Å². The van der Waals surface area contributed by atoms with Gasteiger partial charge in [-0.25, -0.2) is 9.59 Å². The molecule has 3 aromatic carbocycles. The quantitative estimate of drug-likeness (QED) is 0.532. The van der Waals surface area contributed by atoms with Gasteiger partial charge in [-0.1, -0.05) is 66.7 Å². The van der Waals surface area contributed by atoms with Crippen molar-refractivity contribution in [1.29, 1.82) is 0 Å². The standard InChI is InChI=1S/C25H23NO5/c27-23-12-6-1-7-16(23)13-14-22(24(28)29)26-25(30)31-15-21-19-10-4-2-8-17(19)18-9-3-5-11-20(18)21/h1-12,21-22,27H,13-15H2,(H,26,30)(H,28,29). The maximum Gasteiger partial charge on any atom is 0.407 e. The first-order valence-electron chi connectivity index (χ1n) is 10.2. The minimum atomic E-state index is -1.15. The molecule has 1 aliphatic carbocycles. The lowest BCUT2D eigenvalue weighted by atomic mass is 9.98. The number of ether oxygens (including phenoxy) is 1. The lowest BCUT2D eigenvalue weighted by molar-refractivity contribution is -0.139. The number of fused-ring (bicyclic) bond motifs is 3. The summed E-state index contributed by atoms with van der Waals surface area (Å²) in [6.45, 7) is 0.117. The number of alkyl carbamates (subject to hydrolysis) is 1. The highest BCUT2D eigenvalue weighted by Gasteiger charge is 2.29. The average molecular weight is 417 g/mol. The Morgan fingerprint density at radius 3 is 2.10 bits per heavy atom. The number of phenolic OH excluding ortho intramolecular Hbond substituents is 1. The van der Waals surface area contributed by atoms with E-state index in [4.69, 9.17) is 4.74 Å². The Morgan fingerprint density at radius 1 is 0.903 bits per heavy atom. The fourth-order valence-electron chi connectivity index (χ4n) is 4.06. The minimum Gasteiger partial charge on any atom is -0.508 e. The fourth-order valence-corrected chi connectivity index (χ4v) is 4.06. The molecule has 3 aromatic rings. The lowest BCUT2D eigenvalue weighted by Gasteiger charge is -2.17. The van der Waals surface area contributed by atoms with Gasteiger partial charge in [0, 0.05) is 5.92 Å². The number of hydrogen-bond acceptors (Lipinski definition) is 4. The monoisotopic (exact) mass is 417 g/mol. The van der Waals surface area contributed by atoms with Crippen molar-refractivity contribution >= 4 is 12.1 Å². The van der Waals surface area contributed by atoms with E-state index in [9.17, 15) is 19.8 Å². The topological polar surface area (TPSA) is 95.9 Å². The number of phenols is 1. The number of benzene rings is 3. The molecule has 6 heteroatoms. The molecule has 4 rings (SSSR count). The lowest BCUT2D eigenvalue weighted by Crippen LogP contribution is -2.41. The van der Waals surface area contributed by atoms with E-state index in [-0.39, 0.29) is 24.7 Å². The van der Waals surface area contributed by atoms with Crippen LogP contribution in [-0.4, -0.2) is 34.9 Å². The number of aryl methyl sites for hydroxylation is 1. The summed E-state index contributed by atoms with van der Waals surface area (Å²) in [5.74, 6) is -1.14. The number of aromatic hydroxyl groups is 1. The Bertz CT molecular complexity index is 1060. The predicted octanol–water partition coefficient (Wildman–Crippen LogP) is 4.32. The highest BCUT2D eigenvalue weighted by molar-refractivity contribution is 5.81. The molecular formula is C25H23NO5. The zero-order valence-corrected chi connectivity index (χ0v) is 16.8. The summed E-state index contributed by atoms with van der Waals surface area (Å²) in [6.07, 6.45) is -0.323. The van der Waals surface area contributed by atoms with Gasteiger partial charge in [0.05, 0.1) is 0 Å². The number of rotatable bonds is 7. The Morgan fingerprint density at radius 2 is 1.48 bits per heavy atom. The number of carbonyl (C=O) groups is 2. The van der Waals surface area contributed by atoms with E-state index >= 15 is 0 Å². The third-order valence-electron chi connectivity index (χ3n) is 5.63. The summed E-state index contributed by atoms with van der Waals surface area (Å²) >= 11 is 0. The molecule has 1 aliphatic rings. The van der Waals surface area contributed by atoms with Crippen molar-refractivity contribution in [2.75, 3.05) is 6.61 Å². The molecule has 1 atom stereocenters. The Hall–Kier alpha value is -3.80. The number of amides is 1. The Labute approximate surface area is 180 Å². The van der Waals surface area contributed by atoms with Gasteiger partial charge in [-0.3, -0.25) is 0 Å². The highest BCUT2D eigenvalue weighted by Crippen LogP contribution is 2.44. The first-order chi connectivity index (χ1) is 15.0. The van der Waals surface area contributed by atoms with Gasteiger partial charge < -0.3 is 20.3 Å². The third-order valence-corrected chi connectivity index (χ3v) is 5.63. The smallest absolute Gasteiger partial charge is 0.407 e. The Kier molecular flexibility index (Phi) is 5.89. The molecule has 158 valence electrons. The fraction of sp³-hybridized carbons (Fsp3) is 0.200. The number of aliphatic carboxylic acids is 1. The van der Waals surface area contributed by atoms with Gasteiger partial charge in [0.25, 0.3) is 0 Å². The minimum absolute atomic E-state index is 0.0947. The second kappa shape index (κ2) is 8.92. The van der Waals surface area contributed by atoms with E-state index in [0.717, 1.165) is 22.3 Å². The molecule has 0 heterocycles. The molecule has 0 bridgehead atoms. The van der Waals surface area contributed by atoms with Crippen molar-refractivity contribution in [2.24, 2.45) is 0 Å². The first-order valence-corrected chi connectivity index (χ1v) is 10.2. The summed E-state index contributed by atoms with van der Waals surface area (Å²) in [6, 6.07) is 21.6. The van der Waals surface area contributed by atoms with Crippen LogP contribution in [0.3, 0.4) is 0 Å². The van der Waals surface area contributed by atoms with Crippen LogP contribution < -0.4 is 5.32 Å². The average Bonchev–Trinajstić information content (AvgIpc) is 3.10. The maximum absolute atomic E-state index is 12.4. The van der Waals surface area contributed by atoms with Gasteiger partial charge in [0.15, 0.2) is 0 Å². The van der Waals surface area contributed by atoms with Crippen LogP contribution in [0.2, 0.25) is 0 Å². The van der Waals surface area contributed by atoms with E-state index in [1.54, 1.807) is 24.3 Å². The molecule has 1 unspecified atom stereocenters. The predicted molar refractivity (Wildman–Crippen MR) is 116 cm³/mol. The van der Waals surface area contributed by atoms with Crippen LogP contribution in [0.1, 0.15) is 29.0 Å². The van der Waals surface area contributed by atoms with Crippen molar-refractivity contribution in [3.63, 3.8) is 0 Å². The zero-order chi connectivity index (χ0) is 21.8. The zero-order valence-electron chi connectivity index (χ0n) is 16.8. The molecule has 0 fully saturated rings. The van der Waals surface area contributed by atoms with Crippen LogP contribution in [-0.2, 0) is 16.0 Å². The maximum atomic E-state index is 12.4. The van der Waals surface area contributed by atoms with Crippen LogP contribution in [0.5, 0.6) is 5.75 Å². The summed E-state index contributed by atoms with van der Waals surface area (Å²) in [5, 5.41) is 21.8. The number of carboxylic acids is 1. The SMILES string of the molecule is O=C(NC(CCc1ccccc1O)C(=O)O)OCC1c2ccccc2-c2ccccc21. The molecule has 0 saturated carbocycles. The molecule has 31 heavy (non-hydrogen) atoms. The largest absolute Gasteiger partial charge is 0.508 e. The molecule has 0 aromatic heterocycles. The van der Waals surface area contributed by atoms with Crippen molar-refractivity contribution in [3.05, 3.63) is 89.5 Å². The van der Waals surface area contributed by atoms with Crippen LogP contribution in [0.15, 0.2) is 72.8 Å². The molecule has 3 N–H and O–H groups in total. The summed E-state index contributed by atoms with van der Waals surface area (Å²) < 4.78 is 5.43. The van der Waals surface area contributed by atoms with Crippen molar-refractivity contribution in [1.82, 2.24) is 5.32 Å². The van der Waals surface area contributed by atoms with Crippen LogP contribution in [0.25, 0.3) is 11.1 Å². The van der Waals surface area contributed by atoms with E-state index < -0.39 is 18.1 Å². The van der Waals surface area contributed by atoms with E-state index in [2.05, 4.69) is 5.32 Å². The van der Waals surface area contributed by atoms with E-state index in [1.807, 2.05) is 48.5 Å². The summed E-state index contributed by atoms with van der Waals surface area (Å²) in [7, 11) is 0. The molecule has 6 nitrogen and oxygen atoms in total. The van der Waals surface area contributed by atoms with Gasteiger partial charge >= 0.3 is 12.1 Å². The molecule has 0 saturated heterocycles. The van der Waals surface area contributed by atoms with Gasteiger partial charge in [0.1, 0.15) is 18.4 Å². The van der Waals surface area contributed by atoms with Gasteiger partial charge in [0.2, 0.25) is 0 Å². The normalized spacial score (nSPS) is 13.2. The molecule has 0 aliphatic heterocycles. The highest BCUT2D eigenvalue weighted by atomic mass is 16.5. The van der Waals surface area contributed by atoms with Crippen molar-refractivity contribution in [2.45, 2.75) is 24.8 Å². The molecule has 0 spiro atoms. The first kappa shape index (κ1) is 20.5. The van der Waals surface area contributed by atoms with Crippen LogP contribution >= 0.6 is 0 Å². The Balaban J connectivity index is 1.39. The van der Waals surface area contributed by atoms with Crippen molar-refractivity contribution in [3.8, 4) is 16.9 Å². The van der Waals surface area contributed by atoms with Gasteiger partial charge in [-0.15, -0.1) is 0 Å². The second-order valence-electron chi connectivity index (χ2n) is 7.53. The van der Waals surface area contributed by atoms with Gasteiger partial charge in [-0.05, 0) is 46.7 Å². The molecule has 1 amide bonds. The number of nitrogens with one attached hydrogen (secondary N) is 1. The van der Waals surface area contributed by atoms with Crippen molar-refractivity contribution < 1.29 is 24.5 Å².